The van der Waals surface area contributed by atoms with Gasteiger partial charge in [-0.3, -0.25) is 4.79 Å². The third-order valence-electron chi connectivity index (χ3n) is 3.78. The van der Waals surface area contributed by atoms with Gasteiger partial charge < -0.3 is 15.0 Å². The fourth-order valence-corrected chi connectivity index (χ4v) is 3.62. The standard InChI is InChI=1S/C18H21N3O2S/c1-12(2)9-14(11-22)19-17(23)13-5-6-15-16(10-13)24-18(20-15)21-7-3-4-8-21/h3-8,10,12,14,22H,9,11H2,1-2H3,(H,19,23). The molecular formula is C18H21N3O2S. The zero-order chi connectivity index (χ0) is 17.1. The molecule has 0 spiro atoms. The first-order chi connectivity index (χ1) is 11.6. The van der Waals surface area contributed by atoms with Crippen molar-refractivity contribution in [2.24, 2.45) is 5.92 Å². The second-order valence-electron chi connectivity index (χ2n) is 6.25. The summed E-state index contributed by atoms with van der Waals surface area (Å²) in [5.74, 6) is 0.253. The van der Waals surface area contributed by atoms with Gasteiger partial charge in [-0.15, -0.1) is 0 Å². The van der Waals surface area contributed by atoms with Crippen LogP contribution in [0.15, 0.2) is 42.7 Å². The Balaban J connectivity index is 1.81. The molecule has 5 nitrogen and oxygen atoms in total. The molecular weight excluding hydrogens is 322 g/mol. The molecule has 0 aliphatic heterocycles. The lowest BCUT2D eigenvalue weighted by Gasteiger charge is -2.18. The van der Waals surface area contributed by atoms with E-state index in [0.717, 1.165) is 21.8 Å². The number of rotatable bonds is 6. The Bertz CT molecular complexity index is 824. The highest BCUT2D eigenvalue weighted by molar-refractivity contribution is 7.20. The van der Waals surface area contributed by atoms with Crippen molar-refractivity contribution >= 4 is 27.5 Å². The van der Waals surface area contributed by atoms with Crippen LogP contribution in [0.25, 0.3) is 15.3 Å². The highest BCUT2D eigenvalue weighted by Gasteiger charge is 2.15. The number of thiazole rings is 1. The Labute approximate surface area is 145 Å². The molecule has 0 bridgehead atoms. The number of aliphatic hydroxyl groups is 1. The number of aromatic nitrogens is 2. The summed E-state index contributed by atoms with van der Waals surface area (Å²) in [4.78, 5) is 17.0. The minimum absolute atomic E-state index is 0.0511. The highest BCUT2D eigenvalue weighted by Crippen LogP contribution is 2.26. The van der Waals surface area contributed by atoms with E-state index < -0.39 is 0 Å². The summed E-state index contributed by atoms with van der Waals surface area (Å²) in [6.45, 7) is 4.09. The topological polar surface area (TPSA) is 67.2 Å². The number of carbonyl (C=O) groups is 1. The summed E-state index contributed by atoms with van der Waals surface area (Å²) in [7, 11) is 0. The zero-order valence-corrected chi connectivity index (χ0v) is 14.6. The van der Waals surface area contributed by atoms with Gasteiger partial charge in [-0.25, -0.2) is 4.98 Å². The molecule has 0 aliphatic carbocycles. The average molecular weight is 343 g/mol. The molecule has 2 heterocycles. The van der Waals surface area contributed by atoms with Crippen molar-refractivity contribution in [2.45, 2.75) is 26.3 Å². The van der Waals surface area contributed by atoms with Gasteiger partial charge >= 0.3 is 0 Å². The van der Waals surface area contributed by atoms with E-state index in [1.807, 2.05) is 41.2 Å². The van der Waals surface area contributed by atoms with Crippen LogP contribution in [0, 0.1) is 5.92 Å². The smallest absolute Gasteiger partial charge is 0.251 e. The third-order valence-corrected chi connectivity index (χ3v) is 4.81. The van der Waals surface area contributed by atoms with Gasteiger partial charge in [0.15, 0.2) is 5.13 Å². The molecule has 1 atom stereocenters. The minimum Gasteiger partial charge on any atom is -0.394 e. The maximum atomic E-state index is 12.4. The van der Waals surface area contributed by atoms with Crippen molar-refractivity contribution in [1.29, 1.82) is 0 Å². The lowest BCUT2D eigenvalue weighted by atomic mass is 10.0. The first-order valence-corrected chi connectivity index (χ1v) is 8.84. The van der Waals surface area contributed by atoms with E-state index >= 15 is 0 Å². The predicted octanol–water partition coefficient (Wildman–Crippen LogP) is 3.22. The molecule has 3 aromatic rings. The first-order valence-electron chi connectivity index (χ1n) is 8.02. The third kappa shape index (κ3) is 3.66. The van der Waals surface area contributed by atoms with Crippen LogP contribution in [0.4, 0.5) is 0 Å². The molecule has 0 radical (unpaired) electrons. The lowest BCUT2D eigenvalue weighted by molar-refractivity contribution is 0.0908. The number of benzene rings is 1. The molecule has 3 rings (SSSR count). The van der Waals surface area contributed by atoms with Crippen molar-refractivity contribution < 1.29 is 9.90 Å². The van der Waals surface area contributed by atoms with E-state index in [9.17, 15) is 9.90 Å². The van der Waals surface area contributed by atoms with E-state index in [2.05, 4.69) is 24.1 Å². The van der Waals surface area contributed by atoms with Gasteiger partial charge in [0, 0.05) is 18.0 Å². The summed E-state index contributed by atoms with van der Waals surface area (Å²) < 4.78 is 2.92. The number of aliphatic hydroxyl groups excluding tert-OH is 1. The predicted molar refractivity (Wildman–Crippen MR) is 96.7 cm³/mol. The van der Waals surface area contributed by atoms with Crippen molar-refractivity contribution in [3.63, 3.8) is 0 Å². The molecule has 1 aromatic carbocycles. The molecule has 2 N–H and O–H groups in total. The van der Waals surface area contributed by atoms with Crippen LogP contribution in [-0.4, -0.2) is 33.2 Å². The molecule has 0 aliphatic rings. The monoisotopic (exact) mass is 343 g/mol. The van der Waals surface area contributed by atoms with Crippen LogP contribution < -0.4 is 5.32 Å². The van der Waals surface area contributed by atoms with Gasteiger partial charge in [0.2, 0.25) is 0 Å². The van der Waals surface area contributed by atoms with Crippen molar-refractivity contribution in [3.8, 4) is 5.13 Å². The molecule has 0 saturated carbocycles. The van der Waals surface area contributed by atoms with Crippen molar-refractivity contribution in [3.05, 3.63) is 48.3 Å². The van der Waals surface area contributed by atoms with Crippen molar-refractivity contribution in [1.82, 2.24) is 14.9 Å². The lowest BCUT2D eigenvalue weighted by Crippen LogP contribution is -2.38. The molecule has 24 heavy (non-hydrogen) atoms. The fourth-order valence-electron chi connectivity index (χ4n) is 2.64. The molecule has 1 amide bonds. The molecule has 2 aromatic heterocycles. The molecule has 6 heteroatoms. The number of fused-ring (bicyclic) bond motifs is 1. The van der Waals surface area contributed by atoms with E-state index in [4.69, 9.17) is 0 Å². The average Bonchev–Trinajstić information content (AvgIpc) is 3.21. The summed E-state index contributed by atoms with van der Waals surface area (Å²) >= 11 is 1.54. The number of amides is 1. The second-order valence-corrected chi connectivity index (χ2v) is 7.26. The Morgan fingerprint density at radius 2 is 2.08 bits per heavy atom. The molecule has 1 unspecified atom stereocenters. The molecule has 0 fully saturated rings. The summed E-state index contributed by atoms with van der Waals surface area (Å²) in [6, 6.07) is 9.19. The van der Waals surface area contributed by atoms with Crippen molar-refractivity contribution in [2.75, 3.05) is 6.61 Å². The van der Waals surface area contributed by atoms with E-state index in [-0.39, 0.29) is 18.6 Å². The van der Waals surface area contributed by atoms with Crippen LogP contribution >= 0.6 is 11.3 Å². The van der Waals surface area contributed by atoms with Crippen LogP contribution in [0.3, 0.4) is 0 Å². The fraction of sp³-hybridized carbons (Fsp3) is 0.333. The van der Waals surface area contributed by atoms with E-state index in [1.54, 1.807) is 17.4 Å². The van der Waals surface area contributed by atoms with Gasteiger partial charge in [0.25, 0.3) is 5.91 Å². The number of hydrogen-bond acceptors (Lipinski definition) is 4. The van der Waals surface area contributed by atoms with Gasteiger partial charge in [-0.1, -0.05) is 25.2 Å². The van der Waals surface area contributed by atoms with Crippen LogP contribution in [0.1, 0.15) is 30.6 Å². The minimum atomic E-state index is -0.218. The summed E-state index contributed by atoms with van der Waals surface area (Å²) in [6.07, 6.45) is 4.65. The Hall–Kier alpha value is -2.18. The van der Waals surface area contributed by atoms with Crippen LogP contribution in [0.5, 0.6) is 0 Å². The quantitative estimate of drug-likeness (QED) is 0.722. The van der Waals surface area contributed by atoms with Gasteiger partial charge in [0.05, 0.1) is 22.9 Å². The molecule has 126 valence electrons. The maximum Gasteiger partial charge on any atom is 0.251 e. The number of hydrogen-bond donors (Lipinski definition) is 2. The van der Waals surface area contributed by atoms with E-state index in [0.29, 0.717) is 11.5 Å². The number of nitrogens with one attached hydrogen (secondary N) is 1. The van der Waals surface area contributed by atoms with Crippen LogP contribution in [-0.2, 0) is 0 Å². The second kappa shape index (κ2) is 7.15. The molecule has 0 saturated heterocycles. The zero-order valence-electron chi connectivity index (χ0n) is 13.8. The highest BCUT2D eigenvalue weighted by atomic mass is 32.1. The van der Waals surface area contributed by atoms with Crippen LogP contribution in [0.2, 0.25) is 0 Å². The van der Waals surface area contributed by atoms with Gasteiger partial charge in [-0.05, 0) is 42.7 Å². The first kappa shape index (κ1) is 16.7. The van der Waals surface area contributed by atoms with Gasteiger partial charge in [0.1, 0.15) is 0 Å². The SMILES string of the molecule is CC(C)CC(CO)NC(=O)c1ccc2nc(-n3cccc3)sc2c1. The Morgan fingerprint density at radius 3 is 2.75 bits per heavy atom. The summed E-state index contributed by atoms with van der Waals surface area (Å²) in [5.41, 5.74) is 1.47. The normalized spacial score (nSPS) is 12.7. The largest absolute Gasteiger partial charge is 0.394 e. The van der Waals surface area contributed by atoms with Gasteiger partial charge in [-0.2, -0.15) is 0 Å². The Morgan fingerprint density at radius 1 is 1.33 bits per heavy atom. The number of carbonyl (C=O) groups excluding carboxylic acids is 1. The van der Waals surface area contributed by atoms with E-state index in [1.165, 1.54) is 0 Å². The Kier molecular flexibility index (Phi) is 4.97. The maximum absolute atomic E-state index is 12.4. The summed E-state index contributed by atoms with van der Waals surface area (Å²) in [5, 5.41) is 13.2. The number of nitrogens with zero attached hydrogens (tertiary/aromatic N) is 2.